The summed E-state index contributed by atoms with van der Waals surface area (Å²) in [5.41, 5.74) is 3.02. The van der Waals surface area contributed by atoms with Crippen molar-refractivity contribution in [2.24, 2.45) is 0 Å². The molecule has 0 aliphatic carbocycles. The Morgan fingerprint density at radius 3 is 2.89 bits per heavy atom. The molecule has 3 nitrogen and oxygen atoms in total. The van der Waals surface area contributed by atoms with Crippen LogP contribution in [-0.2, 0) is 6.42 Å². The first kappa shape index (κ1) is 11.7. The summed E-state index contributed by atoms with van der Waals surface area (Å²) in [5, 5.41) is 5.97. The van der Waals surface area contributed by atoms with Crippen LogP contribution in [-0.4, -0.2) is 12.5 Å². The lowest BCUT2D eigenvalue weighted by Gasteiger charge is -2.08. The van der Waals surface area contributed by atoms with Crippen molar-refractivity contribution < 1.29 is 9.18 Å². The van der Waals surface area contributed by atoms with E-state index >= 15 is 0 Å². The van der Waals surface area contributed by atoms with Gasteiger partial charge in [0.05, 0.1) is 5.56 Å². The van der Waals surface area contributed by atoms with Crippen LogP contribution in [0.3, 0.4) is 0 Å². The van der Waals surface area contributed by atoms with Gasteiger partial charge in [-0.25, -0.2) is 4.39 Å². The first-order valence-corrected chi connectivity index (χ1v) is 6.17. The lowest BCUT2D eigenvalue weighted by Crippen LogP contribution is -2.13. The topological polar surface area (TPSA) is 41.1 Å². The third-order valence-electron chi connectivity index (χ3n) is 3.19. The zero-order valence-electron chi connectivity index (χ0n) is 10.2. The number of halogens is 1. The highest BCUT2D eigenvalue weighted by atomic mass is 19.1. The largest absolute Gasteiger partial charge is 0.384 e. The average molecular weight is 256 g/mol. The number of nitrogens with one attached hydrogen (secondary N) is 2. The Balaban J connectivity index is 1.82. The van der Waals surface area contributed by atoms with Gasteiger partial charge in [0.2, 0.25) is 0 Å². The number of fused-ring (bicyclic) bond motifs is 1. The van der Waals surface area contributed by atoms with Crippen LogP contribution in [0.2, 0.25) is 0 Å². The molecule has 0 radical (unpaired) electrons. The highest BCUT2D eigenvalue weighted by Crippen LogP contribution is 2.25. The monoisotopic (exact) mass is 256 g/mol. The van der Waals surface area contributed by atoms with Crippen molar-refractivity contribution in [2.75, 3.05) is 17.2 Å². The predicted molar refractivity (Wildman–Crippen MR) is 73.0 cm³/mol. The SMILES string of the molecule is O=C(Nc1ccc2c(c1)CCN2)c1ccccc1F. The van der Waals surface area contributed by atoms with E-state index in [4.69, 9.17) is 0 Å². The van der Waals surface area contributed by atoms with Crippen LogP contribution in [0.1, 0.15) is 15.9 Å². The van der Waals surface area contributed by atoms with Crippen LogP contribution < -0.4 is 10.6 Å². The van der Waals surface area contributed by atoms with Crippen LogP contribution >= 0.6 is 0 Å². The van der Waals surface area contributed by atoms with Crippen molar-refractivity contribution in [2.45, 2.75) is 6.42 Å². The van der Waals surface area contributed by atoms with E-state index in [1.54, 1.807) is 12.1 Å². The minimum atomic E-state index is -0.511. The van der Waals surface area contributed by atoms with Crippen LogP contribution in [0.5, 0.6) is 0 Å². The smallest absolute Gasteiger partial charge is 0.258 e. The van der Waals surface area contributed by atoms with E-state index in [9.17, 15) is 9.18 Å². The molecule has 0 fully saturated rings. The summed E-state index contributed by atoms with van der Waals surface area (Å²) in [6.07, 6.45) is 0.943. The fourth-order valence-electron chi connectivity index (χ4n) is 2.23. The zero-order chi connectivity index (χ0) is 13.2. The molecule has 2 N–H and O–H groups in total. The lowest BCUT2D eigenvalue weighted by molar-refractivity contribution is 0.102. The standard InChI is InChI=1S/C15H13FN2O/c16-13-4-2-1-3-12(13)15(19)18-11-5-6-14-10(9-11)7-8-17-14/h1-6,9,17H,7-8H2,(H,18,19). The van der Waals surface area contributed by atoms with E-state index in [-0.39, 0.29) is 5.56 Å². The molecule has 0 saturated heterocycles. The van der Waals surface area contributed by atoms with Gasteiger partial charge in [0.15, 0.2) is 0 Å². The molecule has 1 heterocycles. The Kier molecular flexibility index (Phi) is 2.91. The average Bonchev–Trinajstić information content (AvgIpc) is 2.86. The van der Waals surface area contributed by atoms with E-state index in [0.717, 1.165) is 18.7 Å². The van der Waals surface area contributed by atoms with E-state index in [1.165, 1.54) is 17.7 Å². The second kappa shape index (κ2) is 4.72. The summed E-state index contributed by atoms with van der Waals surface area (Å²) in [7, 11) is 0. The van der Waals surface area contributed by atoms with Crippen molar-refractivity contribution in [1.29, 1.82) is 0 Å². The maximum absolute atomic E-state index is 13.5. The quantitative estimate of drug-likeness (QED) is 0.867. The second-order valence-corrected chi connectivity index (χ2v) is 4.48. The molecule has 0 saturated carbocycles. The summed E-state index contributed by atoms with van der Waals surface area (Å²) in [4.78, 5) is 12.0. The normalized spacial score (nSPS) is 12.7. The van der Waals surface area contributed by atoms with Crippen LogP contribution in [0.25, 0.3) is 0 Å². The second-order valence-electron chi connectivity index (χ2n) is 4.48. The lowest BCUT2D eigenvalue weighted by atomic mass is 10.1. The van der Waals surface area contributed by atoms with Gasteiger partial charge in [-0.2, -0.15) is 0 Å². The molecule has 1 aliphatic rings. The fraction of sp³-hybridized carbons (Fsp3) is 0.133. The Bertz CT molecular complexity index is 640. The van der Waals surface area contributed by atoms with Crippen molar-refractivity contribution >= 4 is 17.3 Å². The van der Waals surface area contributed by atoms with Gasteiger partial charge >= 0.3 is 0 Å². The highest BCUT2D eigenvalue weighted by molar-refractivity contribution is 6.04. The molecule has 0 atom stereocenters. The van der Waals surface area contributed by atoms with Crippen LogP contribution in [0, 0.1) is 5.82 Å². The predicted octanol–water partition coefficient (Wildman–Crippen LogP) is 3.05. The number of hydrogen-bond donors (Lipinski definition) is 2. The van der Waals surface area contributed by atoms with Crippen molar-refractivity contribution in [1.82, 2.24) is 0 Å². The molecule has 1 amide bonds. The summed E-state index contributed by atoms with van der Waals surface area (Å²) in [5.74, 6) is -0.938. The highest BCUT2D eigenvalue weighted by Gasteiger charge is 2.13. The maximum atomic E-state index is 13.5. The summed E-state index contributed by atoms with van der Waals surface area (Å²) < 4.78 is 13.5. The molecule has 96 valence electrons. The molecule has 2 aromatic carbocycles. The molecule has 0 aromatic heterocycles. The molecule has 0 unspecified atom stereocenters. The molecule has 3 rings (SSSR count). The Hall–Kier alpha value is -2.36. The van der Waals surface area contributed by atoms with Gasteiger partial charge < -0.3 is 10.6 Å². The number of rotatable bonds is 2. The Labute approximate surface area is 110 Å². The zero-order valence-corrected chi connectivity index (χ0v) is 10.2. The molecular weight excluding hydrogens is 243 g/mol. The fourth-order valence-corrected chi connectivity index (χ4v) is 2.23. The van der Waals surface area contributed by atoms with Gasteiger partial charge in [-0.15, -0.1) is 0 Å². The summed E-state index contributed by atoms with van der Waals surface area (Å²) in [6, 6.07) is 11.6. The number of amides is 1. The van der Waals surface area contributed by atoms with Crippen molar-refractivity contribution in [3.63, 3.8) is 0 Å². The number of hydrogen-bond acceptors (Lipinski definition) is 2. The van der Waals surface area contributed by atoms with Gasteiger partial charge in [0, 0.05) is 17.9 Å². The molecule has 0 bridgehead atoms. The molecule has 4 heteroatoms. The molecule has 2 aromatic rings. The minimum Gasteiger partial charge on any atom is -0.384 e. The minimum absolute atomic E-state index is 0.0566. The van der Waals surface area contributed by atoms with Crippen LogP contribution in [0.15, 0.2) is 42.5 Å². The van der Waals surface area contributed by atoms with Gasteiger partial charge in [-0.3, -0.25) is 4.79 Å². The van der Waals surface area contributed by atoms with E-state index < -0.39 is 11.7 Å². The van der Waals surface area contributed by atoms with E-state index in [2.05, 4.69) is 10.6 Å². The number of carbonyl (C=O) groups is 1. The molecular formula is C15H13FN2O. The van der Waals surface area contributed by atoms with E-state index in [1.807, 2.05) is 18.2 Å². The number of carbonyl (C=O) groups excluding carboxylic acids is 1. The van der Waals surface area contributed by atoms with Gasteiger partial charge in [0.1, 0.15) is 5.82 Å². The van der Waals surface area contributed by atoms with Gasteiger partial charge in [-0.05, 0) is 42.3 Å². The summed E-state index contributed by atoms with van der Waals surface area (Å²) >= 11 is 0. The molecule has 0 spiro atoms. The Morgan fingerprint density at radius 1 is 1.21 bits per heavy atom. The summed E-state index contributed by atoms with van der Waals surface area (Å²) in [6.45, 7) is 0.917. The molecule has 19 heavy (non-hydrogen) atoms. The third-order valence-corrected chi connectivity index (χ3v) is 3.19. The Morgan fingerprint density at radius 2 is 2.05 bits per heavy atom. The first-order chi connectivity index (χ1) is 9.24. The first-order valence-electron chi connectivity index (χ1n) is 6.17. The van der Waals surface area contributed by atoms with Gasteiger partial charge in [0.25, 0.3) is 5.91 Å². The third kappa shape index (κ3) is 2.29. The number of anilines is 2. The van der Waals surface area contributed by atoms with Crippen molar-refractivity contribution in [3.8, 4) is 0 Å². The number of benzene rings is 2. The van der Waals surface area contributed by atoms with Crippen LogP contribution in [0.4, 0.5) is 15.8 Å². The molecule has 1 aliphatic heterocycles. The maximum Gasteiger partial charge on any atom is 0.258 e. The van der Waals surface area contributed by atoms with E-state index in [0.29, 0.717) is 5.69 Å². The van der Waals surface area contributed by atoms with Crippen molar-refractivity contribution in [3.05, 3.63) is 59.4 Å². The van der Waals surface area contributed by atoms with Gasteiger partial charge in [-0.1, -0.05) is 12.1 Å².